The number of methoxy groups -OCH3 is 2. The van der Waals surface area contributed by atoms with Crippen molar-refractivity contribution < 1.29 is 41.8 Å². The van der Waals surface area contributed by atoms with E-state index < -0.39 is 43.0 Å². The molecule has 0 spiro atoms. The van der Waals surface area contributed by atoms with Crippen LogP contribution in [0.3, 0.4) is 0 Å². The van der Waals surface area contributed by atoms with E-state index in [0.717, 1.165) is 6.08 Å². The van der Waals surface area contributed by atoms with Crippen LogP contribution in [-0.2, 0) is 19.1 Å². The molecule has 1 heterocycles. The minimum Gasteiger partial charge on any atom is -0.497 e. The summed E-state index contributed by atoms with van der Waals surface area (Å²) >= 11 is 0. The van der Waals surface area contributed by atoms with Gasteiger partial charge in [0.05, 0.1) is 32.0 Å². The van der Waals surface area contributed by atoms with E-state index in [0.29, 0.717) is 22.0 Å². The third-order valence-corrected chi connectivity index (χ3v) is 4.95. The lowest BCUT2D eigenvalue weighted by Gasteiger charge is -2.31. The average Bonchev–Trinajstić information content (AvgIpc) is 2.96. The number of alkyl halides is 3. The molecule has 2 aromatic rings. The zero-order chi connectivity index (χ0) is 24.9. The number of rotatable bonds is 6. The van der Waals surface area contributed by atoms with Crippen molar-refractivity contribution in [1.29, 1.82) is 0 Å². The fourth-order valence-electron chi connectivity index (χ4n) is 3.36. The number of halogens is 3. The van der Waals surface area contributed by atoms with Gasteiger partial charge in [-0.25, -0.2) is 4.79 Å². The fourth-order valence-corrected chi connectivity index (χ4v) is 3.36. The Hall–Kier alpha value is -4.02. The van der Waals surface area contributed by atoms with Crippen molar-refractivity contribution >= 4 is 35.2 Å². The molecule has 0 radical (unpaired) electrons. The summed E-state index contributed by atoms with van der Waals surface area (Å²) in [5.41, 5.74) is 0.412. The molecule has 2 amide bonds. The number of carbonyl (C=O) groups is 3. The second-order valence-electron chi connectivity index (χ2n) is 7.14. The van der Waals surface area contributed by atoms with Crippen LogP contribution in [0, 0.1) is 0 Å². The molecule has 8 nitrogen and oxygen atoms in total. The molecule has 1 atom stereocenters. The lowest BCUT2D eigenvalue weighted by molar-refractivity contribution is -0.159. The van der Waals surface area contributed by atoms with Gasteiger partial charge in [0.2, 0.25) is 5.91 Å². The van der Waals surface area contributed by atoms with Crippen LogP contribution in [0.5, 0.6) is 11.5 Å². The largest absolute Gasteiger partial charge is 0.497 e. The molecule has 0 fully saturated rings. The summed E-state index contributed by atoms with van der Waals surface area (Å²) in [6, 6.07) is 8.03. The van der Waals surface area contributed by atoms with E-state index >= 15 is 0 Å². The van der Waals surface area contributed by atoms with Gasteiger partial charge < -0.3 is 19.5 Å². The lowest BCUT2D eigenvalue weighted by Crippen LogP contribution is -2.51. The quantitative estimate of drug-likeness (QED) is 0.504. The van der Waals surface area contributed by atoms with E-state index in [4.69, 9.17) is 14.2 Å². The number of amides is 2. The molecule has 0 bridgehead atoms. The van der Waals surface area contributed by atoms with Crippen LogP contribution in [0.15, 0.2) is 48.5 Å². The van der Waals surface area contributed by atoms with Crippen LogP contribution >= 0.6 is 0 Å². The third-order valence-electron chi connectivity index (χ3n) is 4.95. The van der Waals surface area contributed by atoms with Crippen molar-refractivity contribution in [2.24, 2.45) is 0 Å². The van der Waals surface area contributed by atoms with E-state index in [1.165, 1.54) is 44.6 Å². The maximum atomic E-state index is 13.7. The Morgan fingerprint density at radius 3 is 2.56 bits per heavy atom. The number of ether oxygens (including phenoxy) is 3. The Balaban J connectivity index is 1.76. The third kappa shape index (κ3) is 5.66. The highest BCUT2D eigenvalue weighted by Gasteiger charge is 2.49. The Kier molecular flexibility index (Phi) is 7.44. The lowest BCUT2D eigenvalue weighted by atomic mass is 10.1. The van der Waals surface area contributed by atoms with Crippen molar-refractivity contribution in [3.8, 4) is 11.5 Å². The van der Waals surface area contributed by atoms with Crippen molar-refractivity contribution in [2.75, 3.05) is 31.0 Å². The average molecular weight is 478 g/mol. The molecule has 2 aromatic carbocycles. The molecule has 0 aromatic heterocycles. The molecule has 1 N–H and O–H groups in total. The van der Waals surface area contributed by atoms with E-state index in [9.17, 15) is 27.6 Å². The minimum atomic E-state index is -4.89. The molecule has 1 aliphatic rings. The van der Waals surface area contributed by atoms with Crippen LogP contribution in [0.25, 0.3) is 6.08 Å². The molecule has 34 heavy (non-hydrogen) atoms. The molecule has 3 rings (SSSR count). The van der Waals surface area contributed by atoms with Gasteiger partial charge in [0.15, 0.2) is 6.61 Å². The molecule has 0 saturated carbocycles. The van der Waals surface area contributed by atoms with Crippen molar-refractivity contribution in [3.05, 3.63) is 54.1 Å². The summed E-state index contributed by atoms with van der Waals surface area (Å²) in [7, 11) is 2.91. The predicted molar refractivity (Wildman–Crippen MR) is 117 cm³/mol. The van der Waals surface area contributed by atoms with Crippen LogP contribution in [0.4, 0.5) is 24.5 Å². The summed E-state index contributed by atoms with van der Waals surface area (Å²) in [5, 5.41) is 2.36. The summed E-state index contributed by atoms with van der Waals surface area (Å²) in [6.45, 7) is -0.960. The summed E-state index contributed by atoms with van der Waals surface area (Å²) in [6.07, 6.45) is -3.50. The summed E-state index contributed by atoms with van der Waals surface area (Å²) < 4.78 is 56.3. The molecule has 0 saturated heterocycles. The van der Waals surface area contributed by atoms with Crippen LogP contribution in [0.1, 0.15) is 12.0 Å². The van der Waals surface area contributed by atoms with Gasteiger partial charge in [-0.2, -0.15) is 13.2 Å². The Morgan fingerprint density at radius 1 is 1.15 bits per heavy atom. The van der Waals surface area contributed by atoms with Crippen molar-refractivity contribution in [1.82, 2.24) is 0 Å². The first-order valence-corrected chi connectivity index (χ1v) is 9.98. The number of esters is 1. The molecule has 180 valence electrons. The Bertz CT molecular complexity index is 1120. The van der Waals surface area contributed by atoms with Gasteiger partial charge in [0, 0.05) is 17.7 Å². The van der Waals surface area contributed by atoms with Crippen LogP contribution in [-0.4, -0.2) is 50.8 Å². The van der Waals surface area contributed by atoms with Gasteiger partial charge in [0.25, 0.3) is 5.91 Å². The Labute approximate surface area is 192 Å². The first kappa shape index (κ1) is 24.6. The van der Waals surface area contributed by atoms with Gasteiger partial charge in [0.1, 0.15) is 17.5 Å². The number of nitrogens with zero attached hydrogens (tertiary/aromatic N) is 1. The predicted octanol–water partition coefficient (Wildman–Crippen LogP) is 3.57. The molecule has 1 unspecified atom stereocenters. The van der Waals surface area contributed by atoms with E-state index in [1.54, 1.807) is 18.2 Å². The molecule has 0 aliphatic carbocycles. The minimum absolute atomic E-state index is 0.0467. The molecular formula is C23H21F3N2O6. The Morgan fingerprint density at radius 2 is 1.88 bits per heavy atom. The second-order valence-corrected chi connectivity index (χ2v) is 7.14. The highest BCUT2D eigenvalue weighted by atomic mass is 19.4. The first-order chi connectivity index (χ1) is 16.1. The molecule has 11 heteroatoms. The fraction of sp³-hybridized carbons (Fsp3) is 0.261. The van der Waals surface area contributed by atoms with Gasteiger partial charge in [-0.15, -0.1) is 0 Å². The van der Waals surface area contributed by atoms with E-state index in [2.05, 4.69) is 5.32 Å². The zero-order valence-electron chi connectivity index (χ0n) is 18.2. The van der Waals surface area contributed by atoms with Crippen molar-refractivity contribution in [3.63, 3.8) is 0 Å². The normalized spacial score (nSPS) is 15.9. The summed E-state index contributed by atoms with van der Waals surface area (Å²) in [4.78, 5) is 37.3. The maximum Gasteiger partial charge on any atom is 0.409 e. The van der Waals surface area contributed by atoms with Crippen LogP contribution < -0.4 is 19.7 Å². The van der Waals surface area contributed by atoms with Gasteiger partial charge in [-0.1, -0.05) is 12.1 Å². The standard InChI is InChI=1S/C23H21F3N2O6/c1-32-15-9-7-14(18(11-15)33-2)8-10-22(31)34-13-21(30)28-17-6-4-3-5-16(17)27-20(29)12-19(28)23(24,25)26/h3-11,19H,12-13H2,1-2H3,(H,27,29)/b10-8+. The topological polar surface area (TPSA) is 94.2 Å². The first-order valence-electron chi connectivity index (χ1n) is 9.98. The maximum absolute atomic E-state index is 13.7. The number of hydrogen-bond donors (Lipinski definition) is 1. The van der Waals surface area contributed by atoms with E-state index in [-0.39, 0.29) is 11.4 Å². The number of nitrogens with one attached hydrogen (secondary N) is 1. The smallest absolute Gasteiger partial charge is 0.409 e. The number of fused-ring (bicyclic) bond motifs is 1. The summed E-state index contributed by atoms with van der Waals surface area (Å²) in [5.74, 6) is -2.03. The zero-order valence-corrected chi connectivity index (χ0v) is 18.2. The SMILES string of the molecule is COc1ccc(/C=C/C(=O)OCC(=O)N2c3ccccc3NC(=O)CC2C(F)(F)F)c(OC)c1. The number of carbonyl (C=O) groups excluding carboxylic acids is 3. The second kappa shape index (κ2) is 10.3. The van der Waals surface area contributed by atoms with Crippen molar-refractivity contribution in [2.45, 2.75) is 18.6 Å². The van der Waals surface area contributed by atoms with Gasteiger partial charge in [-0.05, 0) is 30.3 Å². The van der Waals surface area contributed by atoms with Gasteiger partial charge >= 0.3 is 12.1 Å². The van der Waals surface area contributed by atoms with Crippen LogP contribution in [0.2, 0.25) is 0 Å². The number of para-hydroxylation sites is 2. The molecule has 1 aliphatic heterocycles. The highest BCUT2D eigenvalue weighted by Crippen LogP contribution is 2.37. The number of benzene rings is 2. The highest BCUT2D eigenvalue weighted by molar-refractivity contribution is 6.05. The van der Waals surface area contributed by atoms with E-state index in [1.807, 2.05) is 0 Å². The number of hydrogen-bond acceptors (Lipinski definition) is 6. The number of anilines is 2. The van der Waals surface area contributed by atoms with Gasteiger partial charge in [-0.3, -0.25) is 14.5 Å². The monoisotopic (exact) mass is 478 g/mol. The molecular weight excluding hydrogens is 457 g/mol.